The third kappa shape index (κ3) is 10.0. The van der Waals surface area contributed by atoms with E-state index < -0.39 is 48.8 Å². The maximum absolute atomic E-state index is 12.0. The summed E-state index contributed by atoms with van der Waals surface area (Å²) in [6.45, 7) is 3.98. The summed E-state index contributed by atoms with van der Waals surface area (Å²) < 4.78 is 20.3. The topological polar surface area (TPSA) is 144 Å². The van der Waals surface area contributed by atoms with Crippen molar-refractivity contribution in [2.75, 3.05) is 6.61 Å². The van der Waals surface area contributed by atoms with E-state index in [2.05, 4.69) is 5.11 Å². The van der Waals surface area contributed by atoms with Crippen molar-refractivity contribution in [1.29, 1.82) is 0 Å². The number of rotatable bonds is 10. The highest BCUT2D eigenvalue weighted by molar-refractivity contribution is 5.69. The fourth-order valence-electron chi connectivity index (χ4n) is 2.37. The van der Waals surface area contributed by atoms with Crippen LogP contribution in [0.1, 0.15) is 27.7 Å². The number of nitrogens with zero attached hydrogens (tertiary/aromatic N) is 2. The zero-order chi connectivity index (χ0) is 23.4. The standard InChI is InChI=1S/C20H24N2O9/c1-13(23)28-12-19(30-15(3)25)20(31-16(4)26)18(29-14(2)24)10-11-21-22(27)17-8-6-5-7-9-17/h5-11,18-20H,12H2,1-4H3/b11-10-,22-21?/t18-,19-,20-/m1/s1. The molecule has 0 bridgehead atoms. The summed E-state index contributed by atoms with van der Waals surface area (Å²) in [7, 11) is 0. The number of carbonyl (C=O) groups is 4. The number of carbonyl (C=O) groups excluding carboxylic acids is 4. The van der Waals surface area contributed by atoms with E-state index in [1.165, 1.54) is 18.2 Å². The van der Waals surface area contributed by atoms with Gasteiger partial charge in [0.2, 0.25) is 5.69 Å². The molecule has 0 N–H and O–H groups in total. The summed E-state index contributed by atoms with van der Waals surface area (Å²) >= 11 is 0. The Bertz CT molecular complexity index is 836. The summed E-state index contributed by atoms with van der Waals surface area (Å²) in [5, 5.41) is 15.7. The van der Waals surface area contributed by atoms with Gasteiger partial charge in [-0.2, -0.15) is 0 Å². The van der Waals surface area contributed by atoms with Gasteiger partial charge in [-0.15, -0.1) is 0 Å². The van der Waals surface area contributed by atoms with Crippen molar-refractivity contribution >= 4 is 29.6 Å². The number of azo groups is 1. The Balaban J connectivity index is 3.23. The van der Waals surface area contributed by atoms with Gasteiger partial charge in [-0.25, -0.2) is 0 Å². The second-order valence-corrected chi connectivity index (χ2v) is 6.16. The molecule has 3 atom stereocenters. The molecule has 0 spiro atoms. The SMILES string of the molecule is CC(=O)OC[C@@H](OC(C)=O)[C@H](OC(C)=O)[C@@H](/C=C\N=[N+]([O-])c1ccccc1)OC(C)=O. The van der Waals surface area contributed by atoms with Gasteiger partial charge in [0.1, 0.15) is 6.61 Å². The molecule has 11 nitrogen and oxygen atoms in total. The van der Waals surface area contributed by atoms with Gasteiger partial charge in [-0.3, -0.25) is 19.2 Å². The van der Waals surface area contributed by atoms with E-state index in [9.17, 15) is 24.4 Å². The Morgan fingerprint density at radius 3 is 2.03 bits per heavy atom. The zero-order valence-corrected chi connectivity index (χ0v) is 17.5. The van der Waals surface area contributed by atoms with Crippen LogP contribution in [-0.2, 0) is 38.1 Å². The first-order chi connectivity index (χ1) is 14.6. The van der Waals surface area contributed by atoms with Crippen molar-refractivity contribution in [3.8, 4) is 0 Å². The highest BCUT2D eigenvalue weighted by atomic mass is 16.6. The van der Waals surface area contributed by atoms with Crippen LogP contribution in [0.25, 0.3) is 0 Å². The van der Waals surface area contributed by atoms with Crippen LogP contribution in [0.15, 0.2) is 47.7 Å². The van der Waals surface area contributed by atoms with E-state index in [-0.39, 0.29) is 5.69 Å². The smallest absolute Gasteiger partial charge is 0.303 e. The number of hydrogen-bond acceptors (Lipinski definition) is 10. The van der Waals surface area contributed by atoms with Gasteiger partial charge in [0.25, 0.3) is 0 Å². The molecule has 1 rings (SSSR count). The van der Waals surface area contributed by atoms with Gasteiger partial charge in [-0.05, 0) is 6.08 Å². The number of benzene rings is 1. The highest BCUT2D eigenvalue weighted by Gasteiger charge is 2.36. The highest BCUT2D eigenvalue weighted by Crippen LogP contribution is 2.17. The summed E-state index contributed by atoms with van der Waals surface area (Å²) in [5.74, 6) is -2.94. The molecule has 0 aromatic heterocycles. The van der Waals surface area contributed by atoms with Crippen LogP contribution in [0.3, 0.4) is 0 Å². The van der Waals surface area contributed by atoms with Crippen LogP contribution in [0.4, 0.5) is 5.69 Å². The van der Waals surface area contributed by atoms with E-state index >= 15 is 0 Å². The molecule has 0 aliphatic carbocycles. The molecule has 0 fully saturated rings. The van der Waals surface area contributed by atoms with Gasteiger partial charge >= 0.3 is 23.9 Å². The van der Waals surface area contributed by atoms with Gasteiger partial charge in [0.05, 0.1) is 6.20 Å². The van der Waals surface area contributed by atoms with Crippen LogP contribution < -0.4 is 0 Å². The largest absolute Gasteiger partial charge is 0.594 e. The van der Waals surface area contributed by atoms with Crippen molar-refractivity contribution in [1.82, 2.24) is 0 Å². The Labute approximate surface area is 178 Å². The summed E-state index contributed by atoms with van der Waals surface area (Å²) in [4.78, 5) is 46.2. The quantitative estimate of drug-likeness (QED) is 0.177. The van der Waals surface area contributed by atoms with Crippen molar-refractivity contribution in [3.05, 3.63) is 47.8 Å². The molecule has 31 heavy (non-hydrogen) atoms. The normalized spacial score (nSPS) is 14.3. The van der Waals surface area contributed by atoms with E-state index in [0.29, 0.717) is 4.86 Å². The molecule has 0 radical (unpaired) electrons. The minimum Gasteiger partial charge on any atom is -0.594 e. The lowest BCUT2D eigenvalue weighted by molar-refractivity contribution is -0.436. The predicted molar refractivity (Wildman–Crippen MR) is 105 cm³/mol. The van der Waals surface area contributed by atoms with Gasteiger partial charge < -0.3 is 24.2 Å². The first-order valence-electron chi connectivity index (χ1n) is 9.15. The van der Waals surface area contributed by atoms with E-state index in [1.807, 2.05) is 0 Å². The van der Waals surface area contributed by atoms with Crippen molar-refractivity contribution in [3.63, 3.8) is 0 Å². The summed E-state index contributed by atoms with van der Waals surface area (Å²) in [6.07, 6.45) is -1.77. The van der Waals surface area contributed by atoms with Crippen LogP contribution in [0, 0.1) is 5.21 Å². The van der Waals surface area contributed by atoms with Crippen molar-refractivity contribution in [2.24, 2.45) is 5.11 Å². The molecule has 0 unspecified atom stereocenters. The summed E-state index contributed by atoms with van der Waals surface area (Å²) in [6, 6.07) is 8.09. The maximum atomic E-state index is 12.0. The second-order valence-electron chi connectivity index (χ2n) is 6.16. The van der Waals surface area contributed by atoms with E-state index in [1.54, 1.807) is 18.2 Å². The Morgan fingerprint density at radius 1 is 0.935 bits per heavy atom. The van der Waals surface area contributed by atoms with Crippen molar-refractivity contribution < 1.29 is 43.0 Å². The Kier molecular flexibility index (Phi) is 10.4. The van der Waals surface area contributed by atoms with Crippen LogP contribution in [0.2, 0.25) is 0 Å². The molecule has 168 valence electrons. The van der Waals surface area contributed by atoms with Crippen molar-refractivity contribution in [2.45, 2.75) is 46.0 Å². The average Bonchev–Trinajstić information content (AvgIpc) is 2.68. The monoisotopic (exact) mass is 436 g/mol. The maximum Gasteiger partial charge on any atom is 0.303 e. The zero-order valence-electron chi connectivity index (χ0n) is 17.5. The number of ether oxygens (including phenoxy) is 4. The second kappa shape index (κ2) is 12.7. The third-order valence-electron chi connectivity index (χ3n) is 3.49. The first-order valence-corrected chi connectivity index (χ1v) is 9.15. The molecular formula is C20H24N2O9. The molecule has 11 heteroatoms. The molecule has 0 amide bonds. The van der Waals surface area contributed by atoms with Crippen LogP contribution in [-0.4, -0.2) is 53.7 Å². The minimum absolute atomic E-state index is 0.250. The Hall–Kier alpha value is -3.76. The fourth-order valence-corrected chi connectivity index (χ4v) is 2.37. The van der Waals surface area contributed by atoms with Crippen LogP contribution in [0.5, 0.6) is 0 Å². The lowest BCUT2D eigenvalue weighted by Crippen LogP contribution is -2.46. The number of hydrogen-bond donors (Lipinski definition) is 0. The van der Waals surface area contributed by atoms with Gasteiger partial charge in [-0.1, -0.05) is 23.1 Å². The molecule has 0 aliphatic rings. The fraction of sp³-hybridized carbons (Fsp3) is 0.400. The molecule has 0 aliphatic heterocycles. The summed E-state index contributed by atoms with van der Waals surface area (Å²) in [5.41, 5.74) is 0.250. The van der Waals surface area contributed by atoms with Gasteiger partial charge in [0, 0.05) is 44.9 Å². The molecule has 1 aromatic rings. The molecular weight excluding hydrogens is 412 g/mol. The molecule has 1 aromatic carbocycles. The predicted octanol–water partition coefficient (Wildman–Crippen LogP) is 2.15. The lowest BCUT2D eigenvalue weighted by Gasteiger charge is -2.30. The molecule has 0 saturated carbocycles. The molecule has 0 heterocycles. The minimum atomic E-state index is -1.38. The number of para-hydroxylation sites is 1. The van der Waals surface area contributed by atoms with E-state index in [4.69, 9.17) is 18.9 Å². The molecule has 0 saturated heterocycles. The number of esters is 4. The average molecular weight is 436 g/mol. The first kappa shape index (κ1) is 25.3. The van der Waals surface area contributed by atoms with E-state index in [0.717, 1.165) is 33.9 Å². The lowest BCUT2D eigenvalue weighted by atomic mass is 10.1. The third-order valence-corrected chi connectivity index (χ3v) is 3.49. The van der Waals surface area contributed by atoms with Crippen LogP contribution >= 0.6 is 0 Å². The Morgan fingerprint density at radius 2 is 1.52 bits per heavy atom. The van der Waals surface area contributed by atoms with Gasteiger partial charge in [0.15, 0.2) is 18.3 Å².